The molecule has 0 aliphatic carbocycles. The van der Waals surface area contributed by atoms with Gasteiger partial charge >= 0.3 is 0 Å². The number of rotatable bonds is 2. The summed E-state index contributed by atoms with van der Waals surface area (Å²) in [6.45, 7) is 0. The summed E-state index contributed by atoms with van der Waals surface area (Å²) in [5, 5.41) is 14.1. The maximum Gasteiger partial charge on any atom is 0.157 e. The molecule has 0 aliphatic heterocycles. The van der Waals surface area contributed by atoms with Crippen molar-refractivity contribution in [3.63, 3.8) is 0 Å². The van der Waals surface area contributed by atoms with E-state index in [1.54, 1.807) is 16.6 Å². The highest BCUT2D eigenvalue weighted by Crippen LogP contribution is 2.13. The molecule has 92 valence electrons. The Morgan fingerprint density at radius 3 is 2.68 bits per heavy atom. The van der Waals surface area contributed by atoms with Crippen molar-refractivity contribution >= 4 is 17.2 Å². The SMILES string of the molecule is N#Cc1cccc2nc(Cc3ccc(Cl)cc3)nn12. The van der Waals surface area contributed by atoms with E-state index in [4.69, 9.17) is 16.9 Å². The minimum atomic E-state index is 0.479. The second kappa shape index (κ2) is 4.71. The van der Waals surface area contributed by atoms with E-state index in [0.29, 0.717) is 28.6 Å². The molecular weight excluding hydrogens is 260 g/mol. The quantitative estimate of drug-likeness (QED) is 0.718. The zero-order valence-corrected chi connectivity index (χ0v) is 10.7. The lowest BCUT2D eigenvalue weighted by Gasteiger charge is -1.96. The van der Waals surface area contributed by atoms with Crippen molar-refractivity contribution < 1.29 is 0 Å². The Morgan fingerprint density at radius 1 is 1.16 bits per heavy atom. The summed E-state index contributed by atoms with van der Waals surface area (Å²) < 4.78 is 1.56. The Labute approximate surface area is 114 Å². The van der Waals surface area contributed by atoms with Gasteiger partial charge in [0.15, 0.2) is 11.5 Å². The molecule has 19 heavy (non-hydrogen) atoms. The van der Waals surface area contributed by atoms with Crippen LogP contribution in [0.2, 0.25) is 5.02 Å². The molecule has 0 unspecified atom stereocenters. The average molecular weight is 269 g/mol. The van der Waals surface area contributed by atoms with Gasteiger partial charge in [-0.25, -0.2) is 9.50 Å². The molecule has 2 heterocycles. The molecule has 0 radical (unpaired) electrons. The average Bonchev–Trinajstić information content (AvgIpc) is 2.83. The first-order valence-electron chi connectivity index (χ1n) is 5.75. The minimum Gasteiger partial charge on any atom is -0.212 e. The largest absolute Gasteiger partial charge is 0.212 e. The van der Waals surface area contributed by atoms with E-state index in [2.05, 4.69) is 16.2 Å². The molecule has 4 nitrogen and oxygen atoms in total. The smallest absolute Gasteiger partial charge is 0.157 e. The van der Waals surface area contributed by atoms with Gasteiger partial charge in [0.1, 0.15) is 11.8 Å². The summed E-state index contributed by atoms with van der Waals surface area (Å²) in [6, 6.07) is 15.0. The monoisotopic (exact) mass is 268 g/mol. The molecule has 3 rings (SSSR count). The van der Waals surface area contributed by atoms with Crippen LogP contribution < -0.4 is 0 Å². The Morgan fingerprint density at radius 2 is 1.95 bits per heavy atom. The zero-order chi connectivity index (χ0) is 13.2. The van der Waals surface area contributed by atoms with Crippen molar-refractivity contribution in [2.75, 3.05) is 0 Å². The number of nitriles is 1. The molecule has 2 aromatic heterocycles. The summed E-state index contributed by atoms with van der Waals surface area (Å²) in [6.07, 6.45) is 0.615. The van der Waals surface area contributed by atoms with Crippen molar-refractivity contribution in [3.05, 3.63) is 64.6 Å². The number of nitrogens with zero attached hydrogens (tertiary/aromatic N) is 4. The van der Waals surface area contributed by atoms with Crippen LogP contribution in [0.4, 0.5) is 0 Å². The van der Waals surface area contributed by atoms with E-state index < -0.39 is 0 Å². The molecule has 0 atom stereocenters. The van der Waals surface area contributed by atoms with E-state index in [1.807, 2.05) is 30.3 Å². The molecule has 0 N–H and O–H groups in total. The minimum absolute atomic E-state index is 0.479. The van der Waals surface area contributed by atoms with Gasteiger partial charge in [0.25, 0.3) is 0 Å². The van der Waals surface area contributed by atoms with Crippen LogP contribution in [-0.2, 0) is 6.42 Å². The lowest BCUT2D eigenvalue weighted by Crippen LogP contribution is -1.95. The number of halogens is 1. The molecule has 0 fully saturated rings. The van der Waals surface area contributed by atoms with Crippen molar-refractivity contribution in [3.8, 4) is 6.07 Å². The summed E-state index contributed by atoms with van der Waals surface area (Å²) in [7, 11) is 0. The molecule has 0 aliphatic rings. The van der Waals surface area contributed by atoms with Crippen LogP contribution >= 0.6 is 11.6 Å². The lowest BCUT2D eigenvalue weighted by molar-refractivity contribution is 0.888. The predicted molar refractivity (Wildman–Crippen MR) is 72.0 cm³/mol. The summed E-state index contributed by atoms with van der Waals surface area (Å²) >= 11 is 5.85. The van der Waals surface area contributed by atoms with Crippen LogP contribution in [0.1, 0.15) is 17.1 Å². The lowest BCUT2D eigenvalue weighted by atomic mass is 10.1. The topological polar surface area (TPSA) is 54.0 Å². The second-order valence-corrected chi connectivity index (χ2v) is 4.56. The number of hydrogen-bond acceptors (Lipinski definition) is 3. The fourth-order valence-corrected chi connectivity index (χ4v) is 2.02. The van der Waals surface area contributed by atoms with Crippen molar-refractivity contribution in [2.24, 2.45) is 0 Å². The molecule has 0 amide bonds. The van der Waals surface area contributed by atoms with Gasteiger partial charge in [-0.05, 0) is 29.8 Å². The van der Waals surface area contributed by atoms with Crippen molar-refractivity contribution in [1.29, 1.82) is 5.26 Å². The van der Waals surface area contributed by atoms with Crippen LogP contribution in [0.3, 0.4) is 0 Å². The van der Waals surface area contributed by atoms with Crippen LogP contribution in [0.5, 0.6) is 0 Å². The Balaban J connectivity index is 1.98. The van der Waals surface area contributed by atoms with Crippen LogP contribution in [0.15, 0.2) is 42.5 Å². The van der Waals surface area contributed by atoms with Crippen LogP contribution in [-0.4, -0.2) is 14.6 Å². The van der Waals surface area contributed by atoms with Crippen LogP contribution in [0, 0.1) is 11.3 Å². The predicted octanol–water partition coefficient (Wildman–Crippen LogP) is 2.85. The third-order valence-electron chi connectivity index (χ3n) is 2.79. The molecule has 0 saturated carbocycles. The fourth-order valence-electron chi connectivity index (χ4n) is 1.89. The number of aromatic nitrogens is 3. The Kier molecular flexibility index (Phi) is 2.90. The second-order valence-electron chi connectivity index (χ2n) is 4.12. The number of hydrogen-bond donors (Lipinski definition) is 0. The summed E-state index contributed by atoms with van der Waals surface area (Å²) in [5.41, 5.74) is 2.24. The van der Waals surface area contributed by atoms with Gasteiger partial charge in [-0.3, -0.25) is 0 Å². The molecule has 3 aromatic rings. The summed E-state index contributed by atoms with van der Waals surface area (Å²) in [4.78, 5) is 4.41. The standard InChI is InChI=1S/C14H9ClN4/c15-11-6-4-10(5-7-11)8-13-17-14-3-1-2-12(9-16)19(14)18-13/h1-7H,8H2. The van der Waals surface area contributed by atoms with Gasteiger partial charge in [-0.2, -0.15) is 5.26 Å². The van der Waals surface area contributed by atoms with E-state index in [0.717, 1.165) is 5.56 Å². The van der Waals surface area contributed by atoms with Crippen molar-refractivity contribution in [1.82, 2.24) is 14.6 Å². The van der Waals surface area contributed by atoms with Gasteiger partial charge in [0.05, 0.1) is 0 Å². The van der Waals surface area contributed by atoms with E-state index in [1.165, 1.54) is 0 Å². The van der Waals surface area contributed by atoms with Crippen LogP contribution in [0.25, 0.3) is 5.65 Å². The zero-order valence-electron chi connectivity index (χ0n) is 9.92. The molecule has 1 aromatic carbocycles. The van der Waals surface area contributed by atoms with Crippen molar-refractivity contribution in [2.45, 2.75) is 6.42 Å². The Bertz CT molecular complexity index is 768. The number of pyridine rings is 1. The van der Waals surface area contributed by atoms with E-state index in [-0.39, 0.29) is 0 Å². The normalized spacial score (nSPS) is 10.5. The molecule has 0 bridgehead atoms. The van der Waals surface area contributed by atoms with Gasteiger partial charge in [0.2, 0.25) is 0 Å². The number of benzene rings is 1. The number of fused-ring (bicyclic) bond motifs is 1. The van der Waals surface area contributed by atoms with Gasteiger partial charge < -0.3 is 0 Å². The molecule has 0 saturated heterocycles. The maximum atomic E-state index is 9.01. The molecule has 0 spiro atoms. The van der Waals surface area contributed by atoms with E-state index in [9.17, 15) is 0 Å². The van der Waals surface area contributed by atoms with Gasteiger partial charge in [-0.1, -0.05) is 29.8 Å². The highest BCUT2D eigenvalue weighted by molar-refractivity contribution is 6.30. The van der Waals surface area contributed by atoms with Gasteiger partial charge in [0, 0.05) is 11.4 Å². The van der Waals surface area contributed by atoms with E-state index >= 15 is 0 Å². The first kappa shape index (κ1) is 11.7. The third kappa shape index (κ3) is 2.28. The highest BCUT2D eigenvalue weighted by atomic mass is 35.5. The third-order valence-corrected chi connectivity index (χ3v) is 3.05. The Hall–Kier alpha value is -2.38. The summed E-state index contributed by atoms with van der Waals surface area (Å²) in [5.74, 6) is 0.685. The van der Waals surface area contributed by atoms with Gasteiger partial charge in [-0.15, -0.1) is 5.10 Å². The fraction of sp³-hybridized carbons (Fsp3) is 0.0714. The highest BCUT2D eigenvalue weighted by Gasteiger charge is 2.07. The molecular formula is C14H9ClN4. The molecule has 5 heteroatoms. The first-order valence-corrected chi connectivity index (χ1v) is 6.13. The first-order chi connectivity index (χ1) is 9.26. The maximum absolute atomic E-state index is 9.01.